The molecule has 16 heavy (non-hydrogen) atoms. The lowest BCUT2D eigenvalue weighted by molar-refractivity contribution is 0.259. The number of hydrogen-bond acceptors (Lipinski definition) is 3. The van der Waals surface area contributed by atoms with Gasteiger partial charge in [-0.3, -0.25) is 0 Å². The number of thioether (sulfide) groups is 1. The third kappa shape index (κ3) is 2.20. The Labute approximate surface area is 101 Å². The van der Waals surface area contributed by atoms with Crippen LogP contribution in [0.25, 0.3) is 0 Å². The van der Waals surface area contributed by atoms with Gasteiger partial charge in [0.25, 0.3) is 0 Å². The summed E-state index contributed by atoms with van der Waals surface area (Å²) in [6.45, 7) is 2.41. The van der Waals surface area contributed by atoms with Gasteiger partial charge in [0.05, 0.1) is 0 Å². The number of benzene rings is 1. The summed E-state index contributed by atoms with van der Waals surface area (Å²) >= 11 is 2.04. The molecule has 1 atom stereocenters. The van der Waals surface area contributed by atoms with Crippen molar-refractivity contribution in [3.63, 3.8) is 0 Å². The van der Waals surface area contributed by atoms with Gasteiger partial charge >= 0.3 is 0 Å². The minimum Gasteiger partial charge on any atom is -0.489 e. The van der Waals surface area contributed by atoms with Gasteiger partial charge in [-0.15, -0.1) is 0 Å². The zero-order valence-electron chi connectivity index (χ0n) is 9.32. The van der Waals surface area contributed by atoms with Crippen molar-refractivity contribution >= 4 is 11.8 Å². The predicted octanol–water partition coefficient (Wildman–Crippen LogP) is 1.94. The highest BCUT2D eigenvalue weighted by atomic mass is 32.2. The maximum atomic E-state index is 5.90. The molecule has 1 fully saturated rings. The molecule has 2 nitrogen and oxygen atoms in total. The standard InChI is InChI=1S/C13H17NOS/c1-2-4-13-11(3-1)5-12(15-13)9-16-8-10-6-14-7-10/h1-4,10,12,14H,5-9H2. The number of para-hydroxylation sites is 1. The lowest BCUT2D eigenvalue weighted by Crippen LogP contribution is -2.43. The van der Waals surface area contributed by atoms with Gasteiger partial charge in [0.1, 0.15) is 11.9 Å². The van der Waals surface area contributed by atoms with Crippen molar-refractivity contribution in [2.45, 2.75) is 12.5 Å². The van der Waals surface area contributed by atoms with E-state index in [1.807, 2.05) is 17.8 Å². The second-order valence-electron chi connectivity index (χ2n) is 4.61. The van der Waals surface area contributed by atoms with Crippen LogP contribution in [0.3, 0.4) is 0 Å². The average Bonchev–Trinajstić information content (AvgIpc) is 2.64. The molecule has 3 rings (SSSR count). The molecule has 1 unspecified atom stereocenters. The maximum Gasteiger partial charge on any atom is 0.123 e. The van der Waals surface area contributed by atoms with Gasteiger partial charge < -0.3 is 10.1 Å². The Hall–Kier alpha value is -0.670. The second-order valence-corrected chi connectivity index (χ2v) is 5.69. The second kappa shape index (κ2) is 4.68. The third-order valence-corrected chi connectivity index (χ3v) is 4.55. The van der Waals surface area contributed by atoms with Crippen LogP contribution < -0.4 is 10.1 Å². The van der Waals surface area contributed by atoms with E-state index in [9.17, 15) is 0 Å². The molecule has 1 N–H and O–H groups in total. The molecule has 1 aromatic carbocycles. The highest BCUT2D eigenvalue weighted by Crippen LogP contribution is 2.29. The minimum atomic E-state index is 0.399. The summed E-state index contributed by atoms with van der Waals surface area (Å²) in [5.41, 5.74) is 1.37. The maximum absolute atomic E-state index is 5.90. The van der Waals surface area contributed by atoms with Gasteiger partial charge in [-0.05, 0) is 36.4 Å². The molecule has 0 bridgehead atoms. The number of rotatable bonds is 4. The monoisotopic (exact) mass is 235 g/mol. The summed E-state index contributed by atoms with van der Waals surface area (Å²) < 4.78 is 5.90. The smallest absolute Gasteiger partial charge is 0.123 e. The Balaban J connectivity index is 1.45. The molecule has 0 aromatic heterocycles. The van der Waals surface area contributed by atoms with E-state index in [1.165, 1.54) is 24.4 Å². The Morgan fingerprint density at radius 1 is 1.25 bits per heavy atom. The van der Waals surface area contributed by atoms with Gasteiger partial charge in [0.2, 0.25) is 0 Å². The molecule has 2 aliphatic rings. The summed E-state index contributed by atoms with van der Waals surface area (Å²) in [4.78, 5) is 0. The van der Waals surface area contributed by atoms with E-state index in [0.717, 1.165) is 23.8 Å². The first-order chi connectivity index (χ1) is 7.92. The Kier molecular flexibility index (Phi) is 3.06. The number of hydrogen-bond donors (Lipinski definition) is 1. The SMILES string of the molecule is c1ccc2c(c1)CC(CSCC1CNC1)O2. The van der Waals surface area contributed by atoms with Crippen molar-refractivity contribution < 1.29 is 4.74 Å². The first-order valence-corrected chi connectivity index (χ1v) is 7.10. The lowest BCUT2D eigenvalue weighted by atomic mass is 10.1. The largest absolute Gasteiger partial charge is 0.489 e. The Bertz CT molecular complexity index is 340. The Morgan fingerprint density at radius 3 is 2.88 bits per heavy atom. The quantitative estimate of drug-likeness (QED) is 0.862. The van der Waals surface area contributed by atoms with Crippen LogP contribution in [0.1, 0.15) is 5.56 Å². The molecule has 1 aromatic rings. The molecular weight excluding hydrogens is 218 g/mol. The van der Waals surface area contributed by atoms with Crippen LogP contribution in [0, 0.1) is 5.92 Å². The minimum absolute atomic E-state index is 0.399. The highest BCUT2D eigenvalue weighted by molar-refractivity contribution is 7.99. The van der Waals surface area contributed by atoms with Crippen LogP contribution in [0.2, 0.25) is 0 Å². The fourth-order valence-electron chi connectivity index (χ4n) is 2.18. The molecule has 0 aliphatic carbocycles. The highest BCUT2D eigenvalue weighted by Gasteiger charge is 2.23. The van der Waals surface area contributed by atoms with Gasteiger partial charge in [-0.25, -0.2) is 0 Å². The van der Waals surface area contributed by atoms with E-state index in [0.29, 0.717) is 6.10 Å². The van der Waals surface area contributed by atoms with Crippen LogP contribution >= 0.6 is 11.8 Å². The van der Waals surface area contributed by atoms with Crippen molar-refractivity contribution in [2.24, 2.45) is 5.92 Å². The molecule has 86 valence electrons. The van der Waals surface area contributed by atoms with Gasteiger partial charge in [-0.2, -0.15) is 11.8 Å². The molecule has 0 amide bonds. The molecular formula is C13H17NOS. The number of ether oxygens (including phenoxy) is 1. The van der Waals surface area contributed by atoms with Gasteiger partial charge in [0.15, 0.2) is 0 Å². The summed E-state index contributed by atoms with van der Waals surface area (Å²) in [7, 11) is 0. The summed E-state index contributed by atoms with van der Waals surface area (Å²) in [6, 6.07) is 8.40. The molecule has 0 radical (unpaired) electrons. The summed E-state index contributed by atoms with van der Waals surface area (Å²) in [5.74, 6) is 4.40. The molecule has 2 heterocycles. The van der Waals surface area contributed by atoms with Crippen LogP contribution in [-0.2, 0) is 6.42 Å². The molecule has 1 saturated heterocycles. The zero-order chi connectivity index (χ0) is 10.8. The number of fused-ring (bicyclic) bond motifs is 1. The van der Waals surface area contributed by atoms with Crippen LogP contribution in [-0.4, -0.2) is 30.7 Å². The molecule has 3 heteroatoms. The topological polar surface area (TPSA) is 21.3 Å². The van der Waals surface area contributed by atoms with Gasteiger partial charge in [-0.1, -0.05) is 18.2 Å². The fourth-order valence-corrected chi connectivity index (χ4v) is 3.33. The van der Waals surface area contributed by atoms with E-state index in [1.54, 1.807) is 0 Å². The van der Waals surface area contributed by atoms with Crippen molar-refractivity contribution in [2.75, 3.05) is 24.6 Å². The molecule has 2 aliphatic heterocycles. The van der Waals surface area contributed by atoms with Crippen molar-refractivity contribution in [1.29, 1.82) is 0 Å². The molecule has 0 saturated carbocycles. The normalized spacial score (nSPS) is 23.6. The zero-order valence-corrected chi connectivity index (χ0v) is 10.1. The van der Waals surface area contributed by atoms with E-state index in [4.69, 9.17) is 4.74 Å². The first-order valence-electron chi connectivity index (χ1n) is 5.95. The summed E-state index contributed by atoms with van der Waals surface area (Å²) in [6.07, 6.45) is 1.49. The predicted molar refractivity (Wildman–Crippen MR) is 68.2 cm³/mol. The third-order valence-electron chi connectivity index (χ3n) is 3.24. The van der Waals surface area contributed by atoms with Crippen molar-refractivity contribution in [3.05, 3.63) is 29.8 Å². The molecule has 0 spiro atoms. The van der Waals surface area contributed by atoms with E-state index in [-0.39, 0.29) is 0 Å². The van der Waals surface area contributed by atoms with Crippen molar-refractivity contribution in [1.82, 2.24) is 5.32 Å². The van der Waals surface area contributed by atoms with Crippen LogP contribution in [0.5, 0.6) is 5.75 Å². The van der Waals surface area contributed by atoms with E-state index < -0.39 is 0 Å². The first kappa shape index (κ1) is 10.5. The lowest BCUT2D eigenvalue weighted by Gasteiger charge is -2.26. The summed E-state index contributed by atoms with van der Waals surface area (Å²) in [5, 5.41) is 3.31. The van der Waals surface area contributed by atoms with Gasteiger partial charge in [0, 0.05) is 12.2 Å². The van der Waals surface area contributed by atoms with Crippen molar-refractivity contribution in [3.8, 4) is 5.75 Å². The average molecular weight is 235 g/mol. The Morgan fingerprint density at radius 2 is 2.12 bits per heavy atom. The van der Waals surface area contributed by atoms with Crippen LogP contribution in [0.15, 0.2) is 24.3 Å². The van der Waals surface area contributed by atoms with Crippen LogP contribution in [0.4, 0.5) is 0 Å². The van der Waals surface area contributed by atoms with E-state index >= 15 is 0 Å². The van der Waals surface area contributed by atoms with E-state index in [2.05, 4.69) is 23.5 Å². The number of nitrogens with one attached hydrogen (secondary N) is 1. The fraction of sp³-hybridized carbons (Fsp3) is 0.538.